The second-order valence-corrected chi connectivity index (χ2v) is 5.85. The first-order valence-corrected chi connectivity index (χ1v) is 7.98. The molecule has 0 aliphatic rings. The van der Waals surface area contributed by atoms with Crippen LogP contribution in [0.2, 0.25) is 0 Å². The van der Waals surface area contributed by atoms with Gasteiger partial charge in [0.05, 0.1) is 24.9 Å². The van der Waals surface area contributed by atoms with E-state index in [0.717, 1.165) is 22.7 Å². The summed E-state index contributed by atoms with van der Waals surface area (Å²) >= 11 is 1.40. The summed E-state index contributed by atoms with van der Waals surface area (Å²) in [6.07, 6.45) is 2.42. The van der Waals surface area contributed by atoms with Crippen LogP contribution in [0.4, 0.5) is 0 Å². The molecule has 1 aromatic heterocycles. The van der Waals surface area contributed by atoms with Gasteiger partial charge in [0.25, 0.3) is 5.91 Å². The molecule has 5 nitrogen and oxygen atoms in total. The van der Waals surface area contributed by atoms with Crippen LogP contribution in [0.5, 0.6) is 5.75 Å². The molecule has 6 heteroatoms. The molecule has 2 aromatic rings. The highest BCUT2D eigenvalue weighted by Crippen LogP contribution is 2.22. The number of para-hydroxylation sites is 1. The molecule has 1 aromatic carbocycles. The number of carbonyl (C=O) groups excluding carboxylic acids is 1. The topological polar surface area (TPSA) is 62.7 Å². The van der Waals surface area contributed by atoms with Gasteiger partial charge in [-0.05, 0) is 12.5 Å². The lowest BCUT2D eigenvalue weighted by Gasteiger charge is -2.22. The number of methoxy groups -OCH3 is 1. The molecule has 118 valence electrons. The van der Waals surface area contributed by atoms with Crippen molar-refractivity contribution in [3.8, 4) is 5.75 Å². The summed E-state index contributed by atoms with van der Waals surface area (Å²) < 4.78 is 5.32. The van der Waals surface area contributed by atoms with Gasteiger partial charge in [-0.3, -0.25) is 4.79 Å². The lowest BCUT2D eigenvalue weighted by molar-refractivity contribution is 0.0711. The van der Waals surface area contributed by atoms with Crippen LogP contribution in [0.3, 0.4) is 0 Å². The molecule has 0 radical (unpaired) electrons. The zero-order valence-corrected chi connectivity index (χ0v) is 13.6. The molecule has 0 aliphatic heterocycles. The number of hydrogen-bond donors (Lipinski definition) is 1. The predicted molar refractivity (Wildman–Crippen MR) is 86.3 cm³/mol. The van der Waals surface area contributed by atoms with E-state index in [1.54, 1.807) is 18.2 Å². The Kier molecular flexibility index (Phi) is 5.91. The highest BCUT2D eigenvalue weighted by molar-refractivity contribution is 7.13. The van der Waals surface area contributed by atoms with Gasteiger partial charge in [0, 0.05) is 18.7 Å². The van der Waals surface area contributed by atoms with Crippen molar-refractivity contribution >= 4 is 17.2 Å². The number of aliphatic hydroxyl groups is 1. The number of carbonyl (C=O) groups is 1. The molecule has 0 fully saturated rings. The van der Waals surface area contributed by atoms with Gasteiger partial charge in [-0.2, -0.15) is 0 Å². The maximum Gasteiger partial charge on any atom is 0.265 e. The van der Waals surface area contributed by atoms with Gasteiger partial charge in [0.2, 0.25) is 0 Å². The Labute approximate surface area is 134 Å². The molecule has 2 rings (SSSR count). The first-order chi connectivity index (χ1) is 10.7. The van der Waals surface area contributed by atoms with E-state index < -0.39 is 0 Å². The molecular weight excluding hydrogens is 300 g/mol. The molecule has 0 bridgehead atoms. The zero-order valence-electron chi connectivity index (χ0n) is 12.8. The smallest absolute Gasteiger partial charge is 0.265 e. The first-order valence-electron chi connectivity index (χ1n) is 7.16. The van der Waals surface area contributed by atoms with Gasteiger partial charge in [-0.1, -0.05) is 25.1 Å². The van der Waals surface area contributed by atoms with E-state index in [1.165, 1.54) is 11.3 Å². The quantitative estimate of drug-likeness (QED) is 0.850. The molecule has 1 heterocycles. The van der Waals surface area contributed by atoms with Crippen LogP contribution in [-0.4, -0.2) is 41.2 Å². The third kappa shape index (κ3) is 3.84. The van der Waals surface area contributed by atoms with Crippen molar-refractivity contribution in [1.29, 1.82) is 0 Å². The number of rotatable bonds is 7. The summed E-state index contributed by atoms with van der Waals surface area (Å²) in [5, 5.41) is 10.2. The van der Waals surface area contributed by atoms with Gasteiger partial charge < -0.3 is 14.7 Å². The Morgan fingerprint density at radius 2 is 2.18 bits per heavy atom. The van der Waals surface area contributed by atoms with Gasteiger partial charge in [0.1, 0.15) is 10.6 Å². The molecule has 0 unspecified atom stereocenters. The molecule has 0 saturated heterocycles. The number of thiazole rings is 1. The van der Waals surface area contributed by atoms with Crippen molar-refractivity contribution in [3.63, 3.8) is 0 Å². The number of aryl methyl sites for hydroxylation is 1. The second kappa shape index (κ2) is 7.91. The van der Waals surface area contributed by atoms with Gasteiger partial charge in [-0.15, -0.1) is 11.3 Å². The molecule has 0 aliphatic carbocycles. The minimum atomic E-state index is -0.114. The number of amides is 1. The van der Waals surface area contributed by atoms with E-state index in [4.69, 9.17) is 4.74 Å². The van der Waals surface area contributed by atoms with Crippen LogP contribution in [0.25, 0.3) is 0 Å². The van der Waals surface area contributed by atoms with Crippen LogP contribution in [0.15, 0.2) is 30.5 Å². The van der Waals surface area contributed by atoms with Crippen molar-refractivity contribution in [2.24, 2.45) is 0 Å². The minimum Gasteiger partial charge on any atom is -0.496 e. The highest BCUT2D eigenvalue weighted by Gasteiger charge is 2.19. The highest BCUT2D eigenvalue weighted by atomic mass is 32.1. The summed E-state index contributed by atoms with van der Waals surface area (Å²) in [5.74, 6) is 0.619. The van der Waals surface area contributed by atoms with E-state index in [2.05, 4.69) is 4.98 Å². The van der Waals surface area contributed by atoms with Gasteiger partial charge >= 0.3 is 0 Å². The predicted octanol–water partition coefficient (Wildman–Crippen LogP) is 2.35. The van der Waals surface area contributed by atoms with Crippen LogP contribution >= 0.6 is 11.3 Å². The van der Waals surface area contributed by atoms with Crippen molar-refractivity contribution in [3.05, 3.63) is 45.9 Å². The summed E-state index contributed by atoms with van der Waals surface area (Å²) in [4.78, 5) is 19.0. The fourth-order valence-corrected chi connectivity index (χ4v) is 2.97. The zero-order chi connectivity index (χ0) is 15.9. The third-order valence-corrected chi connectivity index (χ3v) is 4.41. The molecule has 1 amide bonds. The van der Waals surface area contributed by atoms with Crippen molar-refractivity contribution in [1.82, 2.24) is 9.88 Å². The normalized spacial score (nSPS) is 10.5. The Balaban J connectivity index is 2.20. The van der Waals surface area contributed by atoms with Crippen LogP contribution in [0, 0.1) is 0 Å². The molecule has 0 saturated carbocycles. The summed E-state index contributed by atoms with van der Waals surface area (Å²) in [6, 6.07) is 7.57. The van der Waals surface area contributed by atoms with Crippen molar-refractivity contribution < 1.29 is 14.6 Å². The average molecular weight is 320 g/mol. The second-order valence-electron chi connectivity index (χ2n) is 4.73. The van der Waals surface area contributed by atoms with E-state index in [-0.39, 0.29) is 19.1 Å². The number of hydrogen-bond acceptors (Lipinski definition) is 5. The average Bonchev–Trinajstić information content (AvgIpc) is 3.03. The van der Waals surface area contributed by atoms with E-state index >= 15 is 0 Å². The van der Waals surface area contributed by atoms with E-state index in [1.807, 2.05) is 31.2 Å². The fourth-order valence-electron chi connectivity index (χ4n) is 2.14. The lowest BCUT2D eigenvalue weighted by atomic mass is 10.2. The Morgan fingerprint density at radius 1 is 1.41 bits per heavy atom. The maximum absolute atomic E-state index is 12.6. The Morgan fingerprint density at radius 3 is 2.82 bits per heavy atom. The van der Waals surface area contributed by atoms with Crippen LogP contribution in [0.1, 0.15) is 27.2 Å². The van der Waals surface area contributed by atoms with Gasteiger partial charge in [0.15, 0.2) is 0 Å². The molecule has 1 N–H and O–H groups in total. The fraction of sp³-hybridized carbons (Fsp3) is 0.375. The maximum atomic E-state index is 12.6. The number of ether oxygens (including phenoxy) is 1. The standard InChI is InChI=1S/C16H20N2O3S/c1-3-15-17-10-14(22-15)16(20)18(8-9-19)11-12-6-4-5-7-13(12)21-2/h4-7,10,19H,3,8-9,11H2,1-2H3. The van der Waals surface area contributed by atoms with Crippen molar-refractivity contribution in [2.45, 2.75) is 19.9 Å². The Bertz CT molecular complexity index is 627. The molecule has 22 heavy (non-hydrogen) atoms. The number of benzene rings is 1. The van der Waals surface area contributed by atoms with Crippen molar-refractivity contribution in [2.75, 3.05) is 20.3 Å². The van der Waals surface area contributed by atoms with Crippen LogP contribution in [-0.2, 0) is 13.0 Å². The molecule has 0 atom stereocenters. The number of aliphatic hydroxyl groups excluding tert-OH is 1. The number of aromatic nitrogens is 1. The third-order valence-electron chi connectivity index (χ3n) is 3.28. The Hall–Kier alpha value is -1.92. The largest absolute Gasteiger partial charge is 0.496 e. The molecule has 0 spiro atoms. The lowest BCUT2D eigenvalue weighted by Crippen LogP contribution is -2.32. The van der Waals surface area contributed by atoms with E-state index in [9.17, 15) is 9.90 Å². The summed E-state index contributed by atoms with van der Waals surface area (Å²) in [5.41, 5.74) is 0.909. The first kappa shape index (κ1) is 16.5. The number of nitrogens with zero attached hydrogens (tertiary/aromatic N) is 2. The van der Waals surface area contributed by atoms with Gasteiger partial charge in [-0.25, -0.2) is 4.98 Å². The monoisotopic (exact) mass is 320 g/mol. The van der Waals surface area contributed by atoms with E-state index in [0.29, 0.717) is 11.4 Å². The molecular formula is C16H20N2O3S. The summed E-state index contributed by atoms with van der Waals surface area (Å²) in [6.45, 7) is 2.59. The summed E-state index contributed by atoms with van der Waals surface area (Å²) in [7, 11) is 1.60. The van der Waals surface area contributed by atoms with Crippen LogP contribution < -0.4 is 4.74 Å². The minimum absolute atomic E-state index is 0.0830. The SMILES string of the molecule is CCc1ncc(C(=O)N(CCO)Cc2ccccc2OC)s1.